The summed E-state index contributed by atoms with van der Waals surface area (Å²) in [5.74, 6) is 8.78. The molecule has 1 aromatic heterocycles. The molecule has 1 spiro atoms. The molecule has 0 aromatic carbocycles. The van der Waals surface area contributed by atoms with E-state index in [2.05, 4.69) is 29.5 Å². The third-order valence-corrected chi connectivity index (χ3v) is 6.07. The van der Waals surface area contributed by atoms with Gasteiger partial charge in [-0.05, 0) is 56.4 Å². The Labute approximate surface area is 131 Å². The van der Waals surface area contributed by atoms with Gasteiger partial charge < -0.3 is 4.74 Å². The van der Waals surface area contributed by atoms with Gasteiger partial charge in [-0.25, -0.2) is 0 Å². The van der Waals surface area contributed by atoms with Crippen molar-refractivity contribution in [3.63, 3.8) is 0 Å². The van der Waals surface area contributed by atoms with Crippen LogP contribution in [0.15, 0.2) is 12.1 Å². The molecule has 21 heavy (non-hydrogen) atoms. The Morgan fingerprint density at radius 2 is 2.33 bits per heavy atom. The number of aromatic nitrogens is 1. The van der Waals surface area contributed by atoms with Gasteiger partial charge in [0.15, 0.2) is 0 Å². The van der Waals surface area contributed by atoms with E-state index in [-0.39, 0.29) is 11.6 Å². The SMILES string of the molecule is Cc1ccc(C(NN)C2CCOC3(CCSC3)C2)c(C)n1. The number of rotatable bonds is 3. The highest BCUT2D eigenvalue weighted by Gasteiger charge is 2.42. The van der Waals surface area contributed by atoms with Crippen LogP contribution in [0, 0.1) is 19.8 Å². The molecule has 3 atom stereocenters. The van der Waals surface area contributed by atoms with Gasteiger partial charge in [0.25, 0.3) is 0 Å². The minimum atomic E-state index is 0.0920. The predicted molar refractivity (Wildman–Crippen MR) is 87.1 cm³/mol. The van der Waals surface area contributed by atoms with Crippen LogP contribution in [0.4, 0.5) is 0 Å². The minimum Gasteiger partial charge on any atom is -0.374 e. The maximum absolute atomic E-state index is 6.13. The van der Waals surface area contributed by atoms with E-state index < -0.39 is 0 Å². The molecule has 116 valence electrons. The summed E-state index contributed by atoms with van der Waals surface area (Å²) < 4.78 is 6.13. The van der Waals surface area contributed by atoms with Crippen molar-refractivity contribution in [2.75, 3.05) is 18.1 Å². The zero-order valence-corrected chi connectivity index (χ0v) is 13.7. The summed E-state index contributed by atoms with van der Waals surface area (Å²) in [5.41, 5.74) is 6.52. The van der Waals surface area contributed by atoms with Gasteiger partial charge in [-0.1, -0.05) is 6.07 Å². The molecule has 2 saturated heterocycles. The Morgan fingerprint density at radius 1 is 1.48 bits per heavy atom. The van der Waals surface area contributed by atoms with Crippen LogP contribution in [0.2, 0.25) is 0 Å². The lowest BCUT2D eigenvalue weighted by Crippen LogP contribution is -2.45. The summed E-state index contributed by atoms with van der Waals surface area (Å²) in [6, 6.07) is 4.42. The van der Waals surface area contributed by atoms with E-state index in [0.717, 1.165) is 36.6 Å². The molecule has 2 fully saturated rings. The highest BCUT2D eigenvalue weighted by Crippen LogP contribution is 2.44. The molecule has 0 radical (unpaired) electrons. The number of nitrogens with one attached hydrogen (secondary N) is 1. The number of hydrogen-bond acceptors (Lipinski definition) is 5. The van der Waals surface area contributed by atoms with E-state index in [4.69, 9.17) is 10.6 Å². The maximum Gasteiger partial charge on any atom is 0.0783 e. The summed E-state index contributed by atoms with van der Waals surface area (Å²) in [5, 5.41) is 0. The van der Waals surface area contributed by atoms with Gasteiger partial charge in [0.1, 0.15) is 0 Å². The summed E-state index contributed by atoms with van der Waals surface area (Å²) in [4.78, 5) is 4.60. The number of ether oxygens (including phenoxy) is 1. The number of pyridine rings is 1. The fourth-order valence-electron chi connectivity index (χ4n) is 3.72. The lowest BCUT2D eigenvalue weighted by atomic mass is 9.79. The van der Waals surface area contributed by atoms with Crippen LogP contribution in [0.25, 0.3) is 0 Å². The van der Waals surface area contributed by atoms with Crippen molar-refractivity contribution >= 4 is 11.8 Å². The summed E-state index contributed by atoms with van der Waals surface area (Å²) in [6.45, 7) is 4.95. The average molecular weight is 307 g/mol. The fourth-order valence-corrected chi connectivity index (χ4v) is 5.10. The average Bonchev–Trinajstić information content (AvgIpc) is 2.90. The Morgan fingerprint density at radius 3 is 3.00 bits per heavy atom. The minimum absolute atomic E-state index is 0.0920. The zero-order valence-electron chi connectivity index (χ0n) is 12.9. The van der Waals surface area contributed by atoms with Crippen LogP contribution in [0.3, 0.4) is 0 Å². The van der Waals surface area contributed by atoms with Crippen LogP contribution in [-0.2, 0) is 4.74 Å². The first-order valence-corrected chi connectivity index (χ1v) is 8.91. The second-order valence-corrected chi connectivity index (χ2v) is 7.46. The molecule has 0 saturated carbocycles. The molecule has 4 nitrogen and oxygen atoms in total. The number of hydrazine groups is 1. The molecule has 1 aromatic rings. The van der Waals surface area contributed by atoms with Crippen molar-refractivity contribution in [2.45, 2.75) is 44.8 Å². The smallest absolute Gasteiger partial charge is 0.0783 e. The second kappa shape index (κ2) is 6.24. The van der Waals surface area contributed by atoms with Crippen molar-refractivity contribution in [3.05, 3.63) is 29.1 Å². The van der Waals surface area contributed by atoms with Crippen LogP contribution < -0.4 is 11.3 Å². The van der Waals surface area contributed by atoms with E-state index in [0.29, 0.717) is 5.92 Å². The van der Waals surface area contributed by atoms with E-state index in [1.165, 1.54) is 17.7 Å². The van der Waals surface area contributed by atoms with Gasteiger partial charge in [0, 0.05) is 23.7 Å². The Balaban J connectivity index is 1.82. The first kappa shape index (κ1) is 15.3. The van der Waals surface area contributed by atoms with Crippen molar-refractivity contribution in [1.82, 2.24) is 10.4 Å². The summed E-state index contributed by atoms with van der Waals surface area (Å²) >= 11 is 2.01. The van der Waals surface area contributed by atoms with Gasteiger partial charge in [0.2, 0.25) is 0 Å². The van der Waals surface area contributed by atoms with E-state index in [1.54, 1.807) is 0 Å². The van der Waals surface area contributed by atoms with E-state index in [9.17, 15) is 0 Å². The van der Waals surface area contributed by atoms with Gasteiger partial charge in [-0.3, -0.25) is 16.3 Å². The third kappa shape index (κ3) is 3.11. The molecule has 0 amide bonds. The van der Waals surface area contributed by atoms with Gasteiger partial charge in [-0.2, -0.15) is 11.8 Å². The molecular weight excluding hydrogens is 282 g/mol. The number of hydrogen-bond donors (Lipinski definition) is 2. The summed E-state index contributed by atoms with van der Waals surface area (Å²) in [7, 11) is 0. The topological polar surface area (TPSA) is 60.2 Å². The largest absolute Gasteiger partial charge is 0.374 e. The lowest BCUT2D eigenvalue weighted by Gasteiger charge is -2.41. The van der Waals surface area contributed by atoms with Crippen molar-refractivity contribution < 1.29 is 4.74 Å². The third-order valence-electron chi connectivity index (χ3n) is 4.85. The first-order chi connectivity index (χ1) is 10.1. The van der Waals surface area contributed by atoms with Gasteiger partial charge >= 0.3 is 0 Å². The molecule has 0 bridgehead atoms. The Hall–Kier alpha value is -0.620. The molecule has 2 aliphatic heterocycles. The molecule has 2 aliphatic rings. The molecule has 0 aliphatic carbocycles. The second-order valence-electron chi connectivity index (χ2n) is 6.36. The number of aryl methyl sites for hydroxylation is 2. The predicted octanol–water partition coefficient (Wildman–Crippen LogP) is 2.51. The van der Waals surface area contributed by atoms with Crippen LogP contribution in [0.1, 0.15) is 42.3 Å². The Kier molecular flexibility index (Phi) is 4.54. The van der Waals surface area contributed by atoms with Crippen LogP contribution in [0.5, 0.6) is 0 Å². The highest BCUT2D eigenvalue weighted by atomic mass is 32.2. The molecule has 3 heterocycles. The zero-order chi connectivity index (χ0) is 14.9. The molecule has 3 unspecified atom stereocenters. The van der Waals surface area contributed by atoms with E-state index in [1.807, 2.05) is 18.7 Å². The number of nitrogens with zero attached hydrogens (tertiary/aromatic N) is 1. The van der Waals surface area contributed by atoms with Crippen LogP contribution >= 0.6 is 11.8 Å². The normalized spacial score (nSPS) is 30.7. The molecule has 3 N–H and O–H groups in total. The quantitative estimate of drug-likeness (QED) is 0.664. The Bertz CT molecular complexity index is 502. The first-order valence-electron chi connectivity index (χ1n) is 7.75. The maximum atomic E-state index is 6.13. The van der Waals surface area contributed by atoms with Gasteiger partial charge in [-0.15, -0.1) is 0 Å². The highest BCUT2D eigenvalue weighted by molar-refractivity contribution is 7.99. The standard InChI is InChI=1S/C16H25N3OS/c1-11-3-4-14(12(2)18-11)15(19-17)13-5-7-20-16(9-13)6-8-21-10-16/h3-4,13,15,19H,5-10,17H2,1-2H3. The number of nitrogens with two attached hydrogens (primary N) is 1. The van der Waals surface area contributed by atoms with Gasteiger partial charge in [0.05, 0.1) is 11.6 Å². The lowest BCUT2D eigenvalue weighted by molar-refractivity contribution is -0.0854. The van der Waals surface area contributed by atoms with Crippen molar-refractivity contribution in [1.29, 1.82) is 0 Å². The fraction of sp³-hybridized carbons (Fsp3) is 0.688. The molecule has 5 heteroatoms. The van der Waals surface area contributed by atoms with Crippen LogP contribution in [-0.4, -0.2) is 28.7 Å². The molecular formula is C16H25N3OS. The molecule has 3 rings (SSSR count). The summed E-state index contributed by atoms with van der Waals surface area (Å²) in [6.07, 6.45) is 3.34. The van der Waals surface area contributed by atoms with Crippen molar-refractivity contribution in [2.24, 2.45) is 11.8 Å². The van der Waals surface area contributed by atoms with E-state index >= 15 is 0 Å². The van der Waals surface area contributed by atoms with Crippen molar-refractivity contribution in [3.8, 4) is 0 Å². The number of thioether (sulfide) groups is 1. The monoisotopic (exact) mass is 307 g/mol.